The Morgan fingerprint density at radius 3 is 3.31 bits per heavy atom. The third-order valence-corrected chi connectivity index (χ3v) is 2.37. The highest BCUT2D eigenvalue weighted by Gasteiger charge is 2.14. The van der Waals surface area contributed by atoms with Gasteiger partial charge in [0.05, 0.1) is 6.33 Å². The summed E-state index contributed by atoms with van der Waals surface area (Å²) in [5.41, 5.74) is 0.0312. The molecule has 0 aromatic carbocycles. The molecule has 1 saturated heterocycles. The highest BCUT2D eigenvalue weighted by molar-refractivity contribution is 4.84. The lowest BCUT2D eigenvalue weighted by molar-refractivity contribution is 0.495. The first-order valence-corrected chi connectivity index (χ1v) is 4.60. The van der Waals surface area contributed by atoms with Gasteiger partial charge in [-0.3, -0.25) is 9.36 Å². The van der Waals surface area contributed by atoms with Gasteiger partial charge in [-0.25, -0.2) is 4.98 Å². The summed E-state index contributed by atoms with van der Waals surface area (Å²) in [5.74, 6) is 0. The first kappa shape index (κ1) is 8.44. The summed E-state index contributed by atoms with van der Waals surface area (Å²) in [6.45, 7) is 1.81. The molecular weight excluding hydrogens is 166 g/mol. The van der Waals surface area contributed by atoms with Crippen molar-refractivity contribution in [2.45, 2.75) is 25.4 Å². The summed E-state index contributed by atoms with van der Waals surface area (Å²) in [4.78, 5) is 15.2. The minimum atomic E-state index is 0.0312. The van der Waals surface area contributed by atoms with E-state index in [2.05, 4.69) is 10.3 Å². The maximum absolute atomic E-state index is 11.3. The molecule has 0 aliphatic carbocycles. The van der Waals surface area contributed by atoms with Gasteiger partial charge in [-0.05, 0) is 19.4 Å². The molecule has 70 valence electrons. The van der Waals surface area contributed by atoms with Crippen LogP contribution in [0.1, 0.15) is 12.8 Å². The predicted molar refractivity (Wildman–Crippen MR) is 49.5 cm³/mol. The van der Waals surface area contributed by atoms with Gasteiger partial charge < -0.3 is 5.32 Å². The van der Waals surface area contributed by atoms with E-state index in [0.29, 0.717) is 6.04 Å². The van der Waals surface area contributed by atoms with Crippen LogP contribution in [0.4, 0.5) is 0 Å². The number of hydrogen-bond acceptors (Lipinski definition) is 3. The lowest BCUT2D eigenvalue weighted by atomic mass is 10.2. The Morgan fingerprint density at radius 2 is 2.62 bits per heavy atom. The summed E-state index contributed by atoms with van der Waals surface area (Å²) in [6.07, 6.45) is 5.49. The SMILES string of the molecule is O=c1ccncn1C[C@H]1CCCN1. The van der Waals surface area contributed by atoms with Crippen LogP contribution in [0.15, 0.2) is 23.4 Å². The van der Waals surface area contributed by atoms with Crippen LogP contribution in [0.5, 0.6) is 0 Å². The molecule has 1 aromatic rings. The average molecular weight is 179 g/mol. The normalized spacial score (nSPS) is 22.0. The van der Waals surface area contributed by atoms with Gasteiger partial charge in [0.25, 0.3) is 5.56 Å². The van der Waals surface area contributed by atoms with Crippen LogP contribution < -0.4 is 10.9 Å². The van der Waals surface area contributed by atoms with Crippen molar-refractivity contribution < 1.29 is 0 Å². The van der Waals surface area contributed by atoms with E-state index in [0.717, 1.165) is 19.5 Å². The van der Waals surface area contributed by atoms with Crippen LogP contribution in [0.25, 0.3) is 0 Å². The summed E-state index contributed by atoms with van der Waals surface area (Å²) in [7, 11) is 0. The average Bonchev–Trinajstić information content (AvgIpc) is 2.61. The molecule has 1 aliphatic heterocycles. The van der Waals surface area contributed by atoms with Gasteiger partial charge in [-0.1, -0.05) is 0 Å². The van der Waals surface area contributed by atoms with Gasteiger partial charge in [-0.15, -0.1) is 0 Å². The molecule has 2 rings (SSSR count). The Hall–Kier alpha value is -1.16. The third kappa shape index (κ3) is 1.95. The van der Waals surface area contributed by atoms with Crippen LogP contribution in [-0.4, -0.2) is 22.1 Å². The molecule has 0 bridgehead atoms. The summed E-state index contributed by atoms with van der Waals surface area (Å²) in [5, 5.41) is 3.34. The summed E-state index contributed by atoms with van der Waals surface area (Å²) < 4.78 is 1.66. The van der Waals surface area contributed by atoms with Crippen molar-refractivity contribution in [2.24, 2.45) is 0 Å². The highest BCUT2D eigenvalue weighted by atomic mass is 16.1. The van der Waals surface area contributed by atoms with Crippen molar-refractivity contribution in [1.82, 2.24) is 14.9 Å². The Kier molecular flexibility index (Phi) is 2.40. The third-order valence-electron chi connectivity index (χ3n) is 2.37. The molecule has 1 fully saturated rings. The van der Waals surface area contributed by atoms with Gasteiger partial charge in [0.2, 0.25) is 0 Å². The van der Waals surface area contributed by atoms with Gasteiger partial charge in [0, 0.05) is 24.8 Å². The minimum Gasteiger partial charge on any atom is -0.312 e. The van der Waals surface area contributed by atoms with Gasteiger partial charge in [-0.2, -0.15) is 0 Å². The van der Waals surface area contributed by atoms with Crippen molar-refractivity contribution in [3.63, 3.8) is 0 Å². The molecule has 1 atom stereocenters. The van der Waals surface area contributed by atoms with E-state index in [9.17, 15) is 4.79 Å². The molecule has 0 radical (unpaired) electrons. The van der Waals surface area contributed by atoms with E-state index in [1.165, 1.54) is 18.7 Å². The lowest BCUT2D eigenvalue weighted by Crippen LogP contribution is -2.31. The Morgan fingerprint density at radius 1 is 1.69 bits per heavy atom. The van der Waals surface area contributed by atoms with Crippen molar-refractivity contribution in [1.29, 1.82) is 0 Å². The van der Waals surface area contributed by atoms with Gasteiger partial charge in [0.1, 0.15) is 0 Å². The molecule has 1 N–H and O–H groups in total. The number of rotatable bonds is 2. The van der Waals surface area contributed by atoms with Crippen LogP contribution in [0.2, 0.25) is 0 Å². The van der Waals surface area contributed by atoms with Crippen molar-refractivity contribution >= 4 is 0 Å². The predicted octanol–water partition coefficient (Wildman–Crippen LogP) is -0.00470. The van der Waals surface area contributed by atoms with Crippen LogP contribution in [0, 0.1) is 0 Å². The van der Waals surface area contributed by atoms with E-state index in [1.54, 1.807) is 10.9 Å². The second-order valence-electron chi connectivity index (χ2n) is 3.36. The van der Waals surface area contributed by atoms with E-state index in [-0.39, 0.29) is 5.56 Å². The molecule has 4 heteroatoms. The van der Waals surface area contributed by atoms with Crippen molar-refractivity contribution in [3.05, 3.63) is 28.9 Å². The monoisotopic (exact) mass is 179 g/mol. The van der Waals surface area contributed by atoms with E-state index in [4.69, 9.17) is 0 Å². The first-order chi connectivity index (χ1) is 6.36. The zero-order valence-corrected chi connectivity index (χ0v) is 7.44. The van der Waals surface area contributed by atoms with Crippen molar-refractivity contribution in [3.8, 4) is 0 Å². The zero-order valence-electron chi connectivity index (χ0n) is 7.44. The maximum atomic E-state index is 11.3. The van der Waals surface area contributed by atoms with Gasteiger partial charge >= 0.3 is 0 Å². The fraction of sp³-hybridized carbons (Fsp3) is 0.556. The molecule has 0 amide bonds. The molecule has 2 heterocycles. The maximum Gasteiger partial charge on any atom is 0.253 e. The number of nitrogens with zero attached hydrogens (tertiary/aromatic N) is 2. The fourth-order valence-electron chi connectivity index (χ4n) is 1.67. The summed E-state index contributed by atoms with van der Waals surface area (Å²) >= 11 is 0. The number of hydrogen-bond donors (Lipinski definition) is 1. The molecule has 0 saturated carbocycles. The molecule has 0 spiro atoms. The molecule has 4 nitrogen and oxygen atoms in total. The zero-order chi connectivity index (χ0) is 9.10. The number of nitrogens with one attached hydrogen (secondary N) is 1. The largest absolute Gasteiger partial charge is 0.312 e. The molecule has 1 aliphatic rings. The smallest absolute Gasteiger partial charge is 0.253 e. The topological polar surface area (TPSA) is 46.9 Å². The second kappa shape index (κ2) is 3.70. The first-order valence-electron chi connectivity index (χ1n) is 4.60. The van der Waals surface area contributed by atoms with Crippen molar-refractivity contribution in [2.75, 3.05) is 6.54 Å². The minimum absolute atomic E-state index is 0.0312. The Labute approximate surface area is 76.6 Å². The van der Waals surface area contributed by atoms with Crippen LogP contribution in [0.3, 0.4) is 0 Å². The highest BCUT2D eigenvalue weighted by Crippen LogP contribution is 2.05. The second-order valence-corrected chi connectivity index (χ2v) is 3.36. The van der Waals surface area contributed by atoms with Gasteiger partial charge in [0.15, 0.2) is 0 Å². The number of aromatic nitrogens is 2. The van der Waals surface area contributed by atoms with E-state index < -0.39 is 0 Å². The molecule has 13 heavy (non-hydrogen) atoms. The fourth-order valence-corrected chi connectivity index (χ4v) is 1.67. The summed E-state index contributed by atoms with van der Waals surface area (Å²) in [6, 6.07) is 1.94. The molecule has 0 unspecified atom stereocenters. The standard InChI is InChI=1S/C9H13N3O/c13-9-3-5-10-7-12(9)6-8-2-1-4-11-8/h3,5,7-8,11H,1-2,4,6H2/t8-/m1/s1. The Balaban J connectivity index is 2.08. The Bertz CT molecular complexity index is 328. The van der Waals surface area contributed by atoms with E-state index in [1.807, 2.05) is 0 Å². The van der Waals surface area contributed by atoms with Crippen LogP contribution in [-0.2, 0) is 6.54 Å². The molecule has 1 aromatic heterocycles. The quantitative estimate of drug-likeness (QED) is 0.695. The van der Waals surface area contributed by atoms with Crippen LogP contribution >= 0.6 is 0 Å². The lowest BCUT2D eigenvalue weighted by Gasteiger charge is -2.10. The van der Waals surface area contributed by atoms with E-state index >= 15 is 0 Å². The molecular formula is C9H13N3O.